The minimum atomic E-state index is -0.756. The van der Waals surface area contributed by atoms with Crippen molar-refractivity contribution in [2.45, 2.75) is 82.9 Å². The Labute approximate surface area is 255 Å². The predicted octanol–water partition coefficient (Wildman–Crippen LogP) is 4.98. The second-order valence-corrected chi connectivity index (χ2v) is 13.0. The number of nitrogens with one attached hydrogen (secondary N) is 2. The van der Waals surface area contributed by atoms with Crippen molar-refractivity contribution in [2.24, 2.45) is 0 Å². The van der Waals surface area contributed by atoms with Crippen LogP contribution in [-0.2, 0) is 27.2 Å². The first-order valence-corrected chi connectivity index (χ1v) is 15.5. The Morgan fingerprint density at radius 3 is 2.17 bits per heavy atom. The second-order valence-electron chi connectivity index (χ2n) is 12.6. The fourth-order valence-corrected chi connectivity index (χ4v) is 6.18. The summed E-state index contributed by atoms with van der Waals surface area (Å²) in [5, 5.41) is 6.67. The van der Waals surface area contributed by atoms with E-state index >= 15 is 0 Å². The lowest BCUT2D eigenvalue weighted by Crippen LogP contribution is -2.63. The Balaban J connectivity index is 1.39. The summed E-state index contributed by atoms with van der Waals surface area (Å²) in [6, 6.07) is 16.4. The standard InChI is InChI=1S/C33H45ClN4O4/c1-32(2,3)42-31(41)36-28(22-26-12-14-27(34)15-13-26)30(40)37-18-20-38(21-19-37)33(16-8-5-9-17-33)24-35-29(39)23-25-10-6-4-7-11-25/h4,6-7,10-15,28H,5,8-9,16-24H2,1-3H3,(H,35,39)(H,36,41). The van der Waals surface area contributed by atoms with Crippen LogP contribution in [0.2, 0.25) is 5.02 Å². The zero-order chi connectivity index (χ0) is 30.2. The quantitative estimate of drug-likeness (QED) is 0.426. The SMILES string of the molecule is CC(C)(C)OC(=O)NC(Cc1ccc(Cl)cc1)C(=O)N1CCN(C2(CNC(=O)Cc3ccccc3)CCCCC2)CC1. The summed E-state index contributed by atoms with van der Waals surface area (Å²) < 4.78 is 5.47. The van der Waals surface area contributed by atoms with E-state index in [2.05, 4.69) is 15.5 Å². The highest BCUT2D eigenvalue weighted by atomic mass is 35.5. The maximum atomic E-state index is 13.8. The Kier molecular flexibility index (Phi) is 10.9. The van der Waals surface area contributed by atoms with E-state index in [0.717, 1.165) is 49.9 Å². The van der Waals surface area contributed by atoms with Crippen LogP contribution >= 0.6 is 11.6 Å². The molecule has 42 heavy (non-hydrogen) atoms. The molecular weight excluding hydrogens is 552 g/mol. The van der Waals surface area contributed by atoms with Crippen molar-refractivity contribution in [3.63, 3.8) is 0 Å². The summed E-state index contributed by atoms with van der Waals surface area (Å²) in [6.45, 7) is 8.58. The van der Waals surface area contributed by atoms with Gasteiger partial charge in [-0.1, -0.05) is 73.3 Å². The Bertz CT molecular complexity index is 1180. The van der Waals surface area contributed by atoms with Crippen molar-refractivity contribution < 1.29 is 19.1 Å². The number of nitrogens with zero attached hydrogens (tertiary/aromatic N) is 2. The van der Waals surface area contributed by atoms with E-state index in [1.807, 2.05) is 47.4 Å². The summed E-state index contributed by atoms with van der Waals surface area (Å²) in [4.78, 5) is 43.6. The molecule has 0 bridgehead atoms. The zero-order valence-corrected chi connectivity index (χ0v) is 25.9. The predicted molar refractivity (Wildman–Crippen MR) is 165 cm³/mol. The molecule has 1 aliphatic carbocycles. The van der Waals surface area contributed by atoms with Gasteiger partial charge < -0.3 is 20.3 Å². The number of hydrogen-bond acceptors (Lipinski definition) is 5. The molecule has 0 spiro atoms. The van der Waals surface area contributed by atoms with E-state index in [0.29, 0.717) is 37.5 Å². The topological polar surface area (TPSA) is 91.0 Å². The molecule has 2 aliphatic rings. The van der Waals surface area contributed by atoms with Gasteiger partial charge in [-0.05, 0) is 56.9 Å². The van der Waals surface area contributed by atoms with Crippen LogP contribution in [0.15, 0.2) is 54.6 Å². The van der Waals surface area contributed by atoms with E-state index in [1.165, 1.54) is 6.42 Å². The molecule has 1 saturated carbocycles. The fraction of sp³-hybridized carbons (Fsp3) is 0.545. The fourth-order valence-electron chi connectivity index (χ4n) is 6.05. The Morgan fingerprint density at radius 1 is 0.905 bits per heavy atom. The molecule has 1 unspecified atom stereocenters. The number of halogens is 1. The lowest BCUT2D eigenvalue weighted by molar-refractivity contribution is -0.136. The number of hydrogen-bond donors (Lipinski definition) is 2. The molecule has 1 atom stereocenters. The number of ether oxygens (including phenoxy) is 1. The molecule has 2 N–H and O–H groups in total. The van der Waals surface area contributed by atoms with Gasteiger partial charge in [-0.15, -0.1) is 0 Å². The van der Waals surface area contributed by atoms with Crippen molar-refractivity contribution in [3.05, 3.63) is 70.7 Å². The summed E-state index contributed by atoms with van der Waals surface area (Å²) in [6.07, 6.45) is 5.65. The van der Waals surface area contributed by atoms with Crippen LogP contribution in [0.1, 0.15) is 64.0 Å². The van der Waals surface area contributed by atoms with Crippen LogP contribution in [0.5, 0.6) is 0 Å². The zero-order valence-electron chi connectivity index (χ0n) is 25.2. The Hall–Kier alpha value is -3.10. The molecule has 2 aromatic rings. The second kappa shape index (κ2) is 14.4. The molecule has 3 amide bonds. The highest BCUT2D eigenvalue weighted by Gasteiger charge is 2.41. The van der Waals surface area contributed by atoms with Gasteiger partial charge in [0.2, 0.25) is 11.8 Å². The molecule has 1 aliphatic heterocycles. The molecule has 9 heteroatoms. The molecular formula is C33H45ClN4O4. The molecule has 0 radical (unpaired) electrons. The van der Waals surface area contributed by atoms with Crippen molar-refractivity contribution in [1.82, 2.24) is 20.4 Å². The van der Waals surface area contributed by atoms with Gasteiger partial charge in [0.25, 0.3) is 0 Å². The molecule has 1 heterocycles. The lowest BCUT2D eigenvalue weighted by atomic mass is 9.79. The summed E-state index contributed by atoms with van der Waals surface area (Å²) in [5.74, 6) is -0.0810. The Morgan fingerprint density at radius 2 is 1.55 bits per heavy atom. The van der Waals surface area contributed by atoms with Crippen LogP contribution in [0, 0.1) is 0 Å². The molecule has 0 aromatic heterocycles. The maximum absolute atomic E-state index is 13.8. The average molecular weight is 597 g/mol. The number of carbonyl (C=O) groups is 3. The molecule has 228 valence electrons. The maximum Gasteiger partial charge on any atom is 0.408 e. The van der Waals surface area contributed by atoms with Crippen molar-refractivity contribution >= 4 is 29.5 Å². The number of benzene rings is 2. The molecule has 2 aromatic carbocycles. The number of alkyl carbamates (subject to hydrolysis) is 1. The van der Waals surface area contributed by atoms with Gasteiger partial charge in [0.15, 0.2) is 0 Å². The first-order valence-electron chi connectivity index (χ1n) is 15.1. The van der Waals surface area contributed by atoms with Gasteiger partial charge in [0.05, 0.1) is 6.42 Å². The first kappa shape index (κ1) is 31.8. The third-order valence-corrected chi connectivity index (χ3v) is 8.46. The largest absolute Gasteiger partial charge is 0.444 e. The van der Waals surface area contributed by atoms with Gasteiger partial charge in [0.1, 0.15) is 11.6 Å². The minimum absolute atomic E-state index is 0.0400. The van der Waals surface area contributed by atoms with E-state index in [-0.39, 0.29) is 17.4 Å². The third kappa shape index (κ3) is 9.20. The molecule has 2 fully saturated rings. The summed E-state index contributed by atoms with van der Waals surface area (Å²) in [7, 11) is 0. The number of amides is 3. The van der Waals surface area contributed by atoms with Crippen LogP contribution in [-0.4, -0.2) is 77.6 Å². The molecule has 8 nitrogen and oxygen atoms in total. The van der Waals surface area contributed by atoms with E-state index in [1.54, 1.807) is 32.9 Å². The van der Waals surface area contributed by atoms with Gasteiger partial charge in [-0.3, -0.25) is 14.5 Å². The smallest absolute Gasteiger partial charge is 0.408 e. The normalized spacial score (nSPS) is 18.1. The third-order valence-electron chi connectivity index (χ3n) is 8.21. The first-order chi connectivity index (χ1) is 20.0. The van der Waals surface area contributed by atoms with Crippen LogP contribution < -0.4 is 10.6 Å². The van der Waals surface area contributed by atoms with Crippen LogP contribution in [0.4, 0.5) is 4.79 Å². The number of piperazine rings is 1. The van der Waals surface area contributed by atoms with Crippen molar-refractivity contribution in [3.8, 4) is 0 Å². The van der Waals surface area contributed by atoms with Gasteiger partial charge >= 0.3 is 6.09 Å². The van der Waals surface area contributed by atoms with Crippen molar-refractivity contribution in [2.75, 3.05) is 32.7 Å². The van der Waals surface area contributed by atoms with Gasteiger partial charge in [-0.2, -0.15) is 0 Å². The molecule has 1 saturated heterocycles. The summed E-state index contributed by atoms with van der Waals surface area (Å²) >= 11 is 6.06. The van der Waals surface area contributed by atoms with E-state index in [9.17, 15) is 14.4 Å². The highest BCUT2D eigenvalue weighted by molar-refractivity contribution is 6.30. The molecule has 4 rings (SSSR count). The summed E-state index contributed by atoms with van der Waals surface area (Å²) in [5.41, 5.74) is 1.14. The highest BCUT2D eigenvalue weighted by Crippen LogP contribution is 2.34. The monoisotopic (exact) mass is 596 g/mol. The number of carbonyl (C=O) groups excluding carboxylic acids is 3. The van der Waals surface area contributed by atoms with Crippen LogP contribution in [0.25, 0.3) is 0 Å². The van der Waals surface area contributed by atoms with Crippen LogP contribution in [0.3, 0.4) is 0 Å². The van der Waals surface area contributed by atoms with E-state index < -0.39 is 17.7 Å². The average Bonchev–Trinajstić information content (AvgIpc) is 2.97. The minimum Gasteiger partial charge on any atom is -0.444 e. The van der Waals surface area contributed by atoms with Crippen molar-refractivity contribution in [1.29, 1.82) is 0 Å². The van der Waals surface area contributed by atoms with E-state index in [4.69, 9.17) is 16.3 Å². The van der Waals surface area contributed by atoms with Gasteiger partial charge in [-0.25, -0.2) is 4.79 Å². The number of rotatable bonds is 9. The van der Waals surface area contributed by atoms with Gasteiger partial charge in [0, 0.05) is 49.7 Å². The lowest BCUT2D eigenvalue weighted by Gasteiger charge is -2.50.